The highest BCUT2D eigenvalue weighted by molar-refractivity contribution is 6.30. The summed E-state index contributed by atoms with van der Waals surface area (Å²) in [5.74, 6) is -14.5. The Bertz CT molecular complexity index is 880. The third kappa shape index (κ3) is 4.57. The molecule has 0 saturated carbocycles. The minimum absolute atomic E-state index is 0.0368. The second-order valence-electron chi connectivity index (χ2n) is 5.50. The van der Waals surface area contributed by atoms with Crippen LogP contribution < -0.4 is 10.6 Å². The maximum atomic E-state index is 13.7. The van der Waals surface area contributed by atoms with Crippen LogP contribution in [0.4, 0.5) is 22.0 Å². The van der Waals surface area contributed by atoms with Crippen LogP contribution in [0.3, 0.4) is 0 Å². The average molecular weight is 423 g/mol. The van der Waals surface area contributed by atoms with E-state index >= 15 is 0 Å². The van der Waals surface area contributed by atoms with Gasteiger partial charge < -0.3 is 15.7 Å². The number of hydrogen-bond donors (Lipinski definition) is 3. The summed E-state index contributed by atoms with van der Waals surface area (Å²) >= 11 is 5.71. The largest absolute Gasteiger partial charge is 0.394 e. The Kier molecular flexibility index (Phi) is 6.92. The molecule has 0 aliphatic carbocycles. The van der Waals surface area contributed by atoms with E-state index in [1.54, 1.807) is 29.6 Å². The molecule has 2 amide bonds. The van der Waals surface area contributed by atoms with Crippen molar-refractivity contribution >= 4 is 23.4 Å². The van der Waals surface area contributed by atoms with Gasteiger partial charge in [0.1, 0.15) is 11.6 Å². The molecule has 150 valence electrons. The van der Waals surface area contributed by atoms with Gasteiger partial charge >= 0.3 is 0 Å². The lowest BCUT2D eigenvalue weighted by atomic mass is 10.1. The van der Waals surface area contributed by atoms with E-state index in [4.69, 9.17) is 11.6 Å². The molecule has 3 N–H and O–H groups in total. The van der Waals surface area contributed by atoms with E-state index in [2.05, 4.69) is 5.32 Å². The summed E-state index contributed by atoms with van der Waals surface area (Å²) in [6.45, 7) is -1.03. The van der Waals surface area contributed by atoms with E-state index in [0.717, 1.165) is 0 Å². The molecule has 0 radical (unpaired) electrons. The summed E-state index contributed by atoms with van der Waals surface area (Å²) in [6.07, 6.45) is 0. The highest BCUT2D eigenvalue weighted by Gasteiger charge is 2.31. The zero-order valence-corrected chi connectivity index (χ0v) is 14.6. The quantitative estimate of drug-likeness (QED) is 0.380. The van der Waals surface area contributed by atoms with Crippen LogP contribution in [0.25, 0.3) is 0 Å². The molecule has 11 heteroatoms. The molecular formula is C17H12ClF5N2O3. The number of nitrogens with one attached hydrogen (secondary N) is 2. The van der Waals surface area contributed by atoms with Crippen molar-refractivity contribution in [1.82, 2.24) is 10.6 Å². The van der Waals surface area contributed by atoms with Crippen molar-refractivity contribution in [2.24, 2.45) is 0 Å². The summed E-state index contributed by atoms with van der Waals surface area (Å²) in [6, 6.07) is 4.58. The lowest BCUT2D eigenvalue weighted by molar-refractivity contribution is -0.124. The predicted octanol–water partition coefficient (Wildman–Crippen LogP) is 2.44. The van der Waals surface area contributed by atoms with Crippen LogP contribution in [0.15, 0.2) is 24.3 Å². The highest BCUT2D eigenvalue weighted by atomic mass is 35.5. The lowest BCUT2D eigenvalue weighted by Crippen LogP contribution is -2.49. The average Bonchev–Trinajstić information content (AvgIpc) is 2.68. The topological polar surface area (TPSA) is 78.4 Å². The van der Waals surface area contributed by atoms with Gasteiger partial charge in [0.15, 0.2) is 23.3 Å². The number of aliphatic hydroxyl groups is 1. The maximum absolute atomic E-state index is 13.7. The summed E-state index contributed by atoms with van der Waals surface area (Å²) in [5, 5.41) is 13.7. The Hall–Kier alpha value is -2.72. The second kappa shape index (κ2) is 8.98. The molecule has 0 bridgehead atoms. The molecule has 1 atom stereocenters. The van der Waals surface area contributed by atoms with Crippen LogP contribution in [-0.4, -0.2) is 29.6 Å². The molecule has 0 aliphatic rings. The number of carbonyl (C=O) groups excluding carboxylic acids is 2. The Morgan fingerprint density at radius 3 is 1.93 bits per heavy atom. The molecular weight excluding hydrogens is 411 g/mol. The van der Waals surface area contributed by atoms with Crippen LogP contribution in [0.2, 0.25) is 5.02 Å². The van der Waals surface area contributed by atoms with Gasteiger partial charge in [0.25, 0.3) is 5.91 Å². The third-order valence-corrected chi connectivity index (χ3v) is 3.87. The van der Waals surface area contributed by atoms with E-state index in [1.807, 2.05) is 0 Å². The molecule has 28 heavy (non-hydrogen) atoms. The van der Waals surface area contributed by atoms with Gasteiger partial charge in [-0.2, -0.15) is 0 Å². The van der Waals surface area contributed by atoms with Gasteiger partial charge in [-0.3, -0.25) is 9.59 Å². The van der Waals surface area contributed by atoms with Gasteiger partial charge in [0.05, 0.1) is 6.61 Å². The number of benzene rings is 2. The highest BCUT2D eigenvalue weighted by Crippen LogP contribution is 2.23. The van der Waals surface area contributed by atoms with Crippen molar-refractivity contribution in [1.29, 1.82) is 0 Å². The predicted molar refractivity (Wildman–Crippen MR) is 87.9 cm³/mol. The standard InChI is InChI=1S/C17H12ClF5N2O3/c18-8-3-1-7(2-4-8)5-24-16(27)9(6-26)25-17(28)10-11(19)13(21)15(23)14(22)12(10)20/h1-4,9,26H,5-6H2,(H,24,27)(H,25,28). The monoisotopic (exact) mass is 422 g/mol. The number of aliphatic hydroxyl groups excluding tert-OH is 1. The van der Waals surface area contributed by atoms with Crippen molar-refractivity contribution in [3.63, 3.8) is 0 Å². The SMILES string of the molecule is O=C(NC(CO)C(=O)NCc1ccc(Cl)cc1)c1c(F)c(F)c(F)c(F)c1F. The van der Waals surface area contributed by atoms with Crippen molar-refractivity contribution in [2.45, 2.75) is 12.6 Å². The first kappa shape index (κ1) is 21.6. The molecule has 0 spiro atoms. The summed E-state index contributed by atoms with van der Waals surface area (Å²) in [5.41, 5.74) is -1.15. The van der Waals surface area contributed by atoms with Crippen molar-refractivity contribution in [3.05, 3.63) is 69.5 Å². The van der Waals surface area contributed by atoms with E-state index in [1.165, 1.54) is 0 Å². The molecule has 2 aromatic carbocycles. The molecule has 0 fully saturated rings. The molecule has 5 nitrogen and oxygen atoms in total. The van der Waals surface area contributed by atoms with E-state index < -0.39 is 59.1 Å². The van der Waals surface area contributed by atoms with Gasteiger partial charge in [-0.15, -0.1) is 0 Å². The normalized spacial score (nSPS) is 11.8. The van der Waals surface area contributed by atoms with Gasteiger partial charge in [0.2, 0.25) is 11.7 Å². The first-order valence-electron chi connectivity index (χ1n) is 7.62. The maximum Gasteiger partial charge on any atom is 0.258 e. The molecule has 0 aliphatic heterocycles. The molecule has 2 rings (SSSR count). The lowest BCUT2D eigenvalue weighted by Gasteiger charge is -2.17. The van der Waals surface area contributed by atoms with Crippen molar-refractivity contribution in [2.75, 3.05) is 6.61 Å². The fraction of sp³-hybridized carbons (Fsp3) is 0.176. The van der Waals surface area contributed by atoms with Crippen LogP contribution in [0.5, 0.6) is 0 Å². The zero-order valence-electron chi connectivity index (χ0n) is 13.8. The zero-order chi connectivity index (χ0) is 21.0. The fourth-order valence-electron chi connectivity index (χ4n) is 2.14. The molecule has 2 aromatic rings. The molecule has 0 saturated heterocycles. The Morgan fingerprint density at radius 1 is 0.929 bits per heavy atom. The second-order valence-corrected chi connectivity index (χ2v) is 5.93. The van der Waals surface area contributed by atoms with E-state index in [-0.39, 0.29) is 6.54 Å². The minimum atomic E-state index is -2.43. The van der Waals surface area contributed by atoms with Crippen molar-refractivity contribution < 1.29 is 36.6 Å². The van der Waals surface area contributed by atoms with Crippen LogP contribution in [0, 0.1) is 29.1 Å². The van der Waals surface area contributed by atoms with E-state index in [0.29, 0.717) is 10.6 Å². The van der Waals surface area contributed by atoms with E-state index in [9.17, 15) is 36.6 Å². The number of hydrogen-bond acceptors (Lipinski definition) is 3. The first-order valence-corrected chi connectivity index (χ1v) is 8.00. The van der Waals surface area contributed by atoms with Gasteiger partial charge in [-0.1, -0.05) is 23.7 Å². The first-order chi connectivity index (χ1) is 13.2. The number of carbonyl (C=O) groups is 2. The molecule has 0 heterocycles. The Labute approximate surface area is 160 Å². The Morgan fingerprint density at radius 2 is 1.43 bits per heavy atom. The molecule has 0 aromatic heterocycles. The van der Waals surface area contributed by atoms with Crippen LogP contribution in [0.1, 0.15) is 15.9 Å². The fourth-order valence-corrected chi connectivity index (χ4v) is 2.27. The summed E-state index contributed by atoms with van der Waals surface area (Å²) in [4.78, 5) is 24.0. The van der Waals surface area contributed by atoms with Gasteiger partial charge in [-0.25, -0.2) is 22.0 Å². The number of halogens is 6. The Balaban J connectivity index is 2.13. The van der Waals surface area contributed by atoms with Gasteiger partial charge in [0, 0.05) is 11.6 Å². The van der Waals surface area contributed by atoms with Gasteiger partial charge in [-0.05, 0) is 17.7 Å². The minimum Gasteiger partial charge on any atom is -0.394 e. The molecule has 1 unspecified atom stereocenters. The number of rotatable bonds is 6. The number of amides is 2. The third-order valence-electron chi connectivity index (χ3n) is 3.62. The smallest absolute Gasteiger partial charge is 0.258 e. The van der Waals surface area contributed by atoms with Crippen LogP contribution in [-0.2, 0) is 11.3 Å². The van der Waals surface area contributed by atoms with Crippen LogP contribution >= 0.6 is 11.6 Å². The summed E-state index contributed by atoms with van der Waals surface area (Å²) < 4.78 is 66.7. The summed E-state index contributed by atoms with van der Waals surface area (Å²) in [7, 11) is 0. The van der Waals surface area contributed by atoms with Crippen molar-refractivity contribution in [3.8, 4) is 0 Å².